The van der Waals surface area contributed by atoms with Crippen LogP contribution in [0.1, 0.15) is 45.8 Å². The largest absolute Gasteiger partial charge is 0.393 e. The molecule has 0 atom stereocenters. The zero-order valence-electron chi connectivity index (χ0n) is 15.9. The van der Waals surface area contributed by atoms with Gasteiger partial charge in [0.1, 0.15) is 5.52 Å². The molecule has 0 bridgehead atoms. The summed E-state index contributed by atoms with van der Waals surface area (Å²) in [4.78, 5) is 33.5. The Kier molecular flexibility index (Phi) is 5.45. The van der Waals surface area contributed by atoms with Gasteiger partial charge in [-0.1, -0.05) is 12.1 Å². The van der Waals surface area contributed by atoms with E-state index in [1.54, 1.807) is 41.3 Å². The number of hydrogen-bond donors (Lipinski definition) is 3. The number of halogens is 2. The number of nitrogens with one attached hydrogen (secondary N) is 2. The number of nitrogens with zero attached hydrogens (tertiary/aromatic N) is 2. The highest BCUT2D eigenvalue weighted by atomic mass is 19.3. The summed E-state index contributed by atoms with van der Waals surface area (Å²) in [6.07, 6.45) is -2.07. The minimum atomic E-state index is -2.77. The second kappa shape index (κ2) is 8.19. The van der Waals surface area contributed by atoms with Gasteiger partial charge >= 0.3 is 0 Å². The van der Waals surface area contributed by atoms with Gasteiger partial charge in [-0.25, -0.2) is 13.8 Å². The van der Waals surface area contributed by atoms with Gasteiger partial charge in [0.05, 0.1) is 17.2 Å². The van der Waals surface area contributed by atoms with E-state index in [4.69, 9.17) is 0 Å². The van der Waals surface area contributed by atoms with Crippen LogP contribution in [0.3, 0.4) is 0 Å². The second-order valence-corrected chi connectivity index (χ2v) is 7.18. The minimum absolute atomic E-state index is 0.150. The number of aromatic nitrogens is 2. The third kappa shape index (κ3) is 4.02. The molecule has 4 rings (SSSR count). The van der Waals surface area contributed by atoms with Crippen LogP contribution in [0.4, 0.5) is 14.5 Å². The number of carbonyl (C=O) groups is 2. The molecule has 30 heavy (non-hydrogen) atoms. The molecule has 1 aromatic heterocycles. The average Bonchev–Trinajstić information content (AvgIpc) is 3.19. The summed E-state index contributed by atoms with van der Waals surface area (Å²) in [6.45, 7) is 0.953. The van der Waals surface area contributed by atoms with Gasteiger partial charge in [-0.3, -0.25) is 9.59 Å². The van der Waals surface area contributed by atoms with Crippen molar-refractivity contribution in [3.8, 4) is 0 Å². The number of carbonyl (C=O) groups excluding carboxylic acids is 2. The van der Waals surface area contributed by atoms with Crippen molar-refractivity contribution in [2.45, 2.75) is 25.4 Å². The molecule has 2 aromatic carbocycles. The summed E-state index contributed by atoms with van der Waals surface area (Å²) in [5.74, 6) is -1.18. The number of alkyl halides is 2. The van der Waals surface area contributed by atoms with Crippen LogP contribution < -0.4 is 5.32 Å². The average molecular weight is 414 g/mol. The Morgan fingerprint density at radius 3 is 2.63 bits per heavy atom. The lowest BCUT2D eigenvalue weighted by atomic mass is 10.1. The fourth-order valence-corrected chi connectivity index (χ4v) is 3.52. The molecule has 0 saturated carbocycles. The van der Waals surface area contributed by atoms with E-state index in [9.17, 15) is 23.5 Å². The van der Waals surface area contributed by atoms with E-state index in [2.05, 4.69) is 15.3 Å². The van der Waals surface area contributed by atoms with E-state index < -0.39 is 18.2 Å². The Bertz CT molecular complexity index is 1090. The van der Waals surface area contributed by atoms with Crippen molar-refractivity contribution in [3.05, 3.63) is 59.4 Å². The van der Waals surface area contributed by atoms with E-state index >= 15 is 0 Å². The van der Waals surface area contributed by atoms with E-state index in [0.29, 0.717) is 42.7 Å². The van der Waals surface area contributed by atoms with Crippen molar-refractivity contribution in [2.24, 2.45) is 0 Å². The predicted molar refractivity (Wildman–Crippen MR) is 107 cm³/mol. The number of fused-ring (bicyclic) bond motifs is 1. The maximum atomic E-state index is 12.9. The molecule has 3 N–H and O–H groups in total. The van der Waals surface area contributed by atoms with Gasteiger partial charge in [0.15, 0.2) is 5.82 Å². The first-order chi connectivity index (χ1) is 14.4. The summed E-state index contributed by atoms with van der Waals surface area (Å²) >= 11 is 0. The molecule has 2 amide bonds. The Hall–Kier alpha value is -3.33. The van der Waals surface area contributed by atoms with Crippen LogP contribution in [0, 0.1) is 0 Å². The molecule has 0 spiro atoms. The number of hydrogen-bond acceptors (Lipinski definition) is 4. The highest BCUT2D eigenvalue weighted by Crippen LogP contribution is 2.23. The number of para-hydroxylation sites is 1. The maximum absolute atomic E-state index is 12.9. The number of H-pyrrole nitrogens is 1. The van der Waals surface area contributed by atoms with E-state index in [-0.39, 0.29) is 23.1 Å². The lowest BCUT2D eigenvalue weighted by Crippen LogP contribution is -2.40. The second-order valence-electron chi connectivity index (χ2n) is 7.18. The number of aromatic amines is 1. The molecule has 1 aliphatic rings. The lowest BCUT2D eigenvalue weighted by molar-refractivity contribution is 0.0546. The van der Waals surface area contributed by atoms with Crippen LogP contribution in [-0.4, -0.2) is 51.0 Å². The lowest BCUT2D eigenvalue weighted by Gasteiger charge is -2.29. The molecule has 0 unspecified atom stereocenters. The highest BCUT2D eigenvalue weighted by Gasteiger charge is 2.23. The Labute approximate surface area is 170 Å². The minimum Gasteiger partial charge on any atom is -0.393 e. The van der Waals surface area contributed by atoms with E-state index in [0.717, 1.165) is 0 Å². The fourth-order valence-electron chi connectivity index (χ4n) is 3.52. The molecule has 0 aliphatic carbocycles. The van der Waals surface area contributed by atoms with Crippen LogP contribution in [0.25, 0.3) is 11.0 Å². The number of piperidine rings is 1. The Morgan fingerprint density at radius 2 is 1.90 bits per heavy atom. The summed E-state index contributed by atoms with van der Waals surface area (Å²) in [7, 11) is 0. The first-order valence-electron chi connectivity index (χ1n) is 9.58. The summed E-state index contributed by atoms with van der Waals surface area (Å²) in [6, 6.07) is 11.2. The molecule has 1 saturated heterocycles. The van der Waals surface area contributed by atoms with Gasteiger partial charge in [0, 0.05) is 24.3 Å². The Balaban J connectivity index is 1.54. The summed E-state index contributed by atoms with van der Waals surface area (Å²) < 4.78 is 25.9. The first-order valence-corrected chi connectivity index (χ1v) is 9.58. The molecule has 1 fully saturated rings. The van der Waals surface area contributed by atoms with Crippen molar-refractivity contribution in [2.75, 3.05) is 18.4 Å². The van der Waals surface area contributed by atoms with E-state index in [1.807, 2.05) is 0 Å². The maximum Gasteiger partial charge on any atom is 0.295 e. The zero-order chi connectivity index (χ0) is 21.3. The third-order valence-corrected chi connectivity index (χ3v) is 5.10. The standard InChI is InChI=1S/C21H20F2N4O3/c22-18(23)19-25-16-6-2-5-15(17(16)26-19)20(29)24-13-4-1-3-12(11-13)21(30)27-9-7-14(28)8-10-27/h1-6,11,14,18,28H,7-10H2,(H,24,29)(H,25,26). The number of rotatable bonds is 4. The van der Waals surface area contributed by atoms with Gasteiger partial charge in [0.2, 0.25) is 0 Å². The monoisotopic (exact) mass is 414 g/mol. The topological polar surface area (TPSA) is 98.3 Å². The van der Waals surface area contributed by atoms with Gasteiger partial charge in [0.25, 0.3) is 18.2 Å². The predicted octanol–water partition coefficient (Wildman–Crippen LogP) is 3.35. The van der Waals surface area contributed by atoms with Gasteiger partial charge in [-0.15, -0.1) is 0 Å². The van der Waals surface area contributed by atoms with Crippen LogP contribution in [-0.2, 0) is 0 Å². The number of amides is 2. The van der Waals surface area contributed by atoms with Crippen molar-refractivity contribution >= 4 is 28.5 Å². The van der Waals surface area contributed by atoms with Crippen LogP contribution >= 0.6 is 0 Å². The number of benzene rings is 2. The molecule has 156 valence electrons. The van der Waals surface area contributed by atoms with Crippen molar-refractivity contribution < 1.29 is 23.5 Å². The van der Waals surface area contributed by atoms with E-state index in [1.165, 1.54) is 6.07 Å². The van der Waals surface area contributed by atoms with Crippen molar-refractivity contribution in [3.63, 3.8) is 0 Å². The van der Waals surface area contributed by atoms with Gasteiger partial charge in [-0.2, -0.15) is 0 Å². The van der Waals surface area contributed by atoms with Gasteiger partial charge in [-0.05, 0) is 43.2 Å². The first kappa shape index (κ1) is 20.0. The number of likely N-dealkylation sites (tertiary alicyclic amines) is 1. The van der Waals surface area contributed by atoms with Crippen LogP contribution in [0.5, 0.6) is 0 Å². The van der Waals surface area contributed by atoms with Crippen molar-refractivity contribution in [1.82, 2.24) is 14.9 Å². The quantitative estimate of drug-likeness (QED) is 0.610. The molecular weight excluding hydrogens is 394 g/mol. The summed E-state index contributed by atoms with van der Waals surface area (Å²) in [5.41, 5.74) is 1.47. The number of imidazole rings is 1. The number of anilines is 1. The Morgan fingerprint density at radius 1 is 1.17 bits per heavy atom. The third-order valence-electron chi connectivity index (χ3n) is 5.10. The molecule has 7 nitrogen and oxygen atoms in total. The SMILES string of the molecule is O=C(Nc1cccc(C(=O)N2CCC(O)CC2)c1)c1cccc2[nH]c(C(F)F)nc12. The van der Waals surface area contributed by atoms with Gasteiger partial charge < -0.3 is 20.3 Å². The van der Waals surface area contributed by atoms with Crippen LogP contribution in [0.2, 0.25) is 0 Å². The highest BCUT2D eigenvalue weighted by molar-refractivity contribution is 6.11. The number of aliphatic hydroxyl groups is 1. The molecule has 0 radical (unpaired) electrons. The number of aliphatic hydroxyl groups excluding tert-OH is 1. The fraction of sp³-hybridized carbons (Fsp3) is 0.286. The molecule has 3 aromatic rings. The molecule has 1 aliphatic heterocycles. The van der Waals surface area contributed by atoms with Crippen molar-refractivity contribution in [1.29, 1.82) is 0 Å². The van der Waals surface area contributed by atoms with Crippen LogP contribution in [0.15, 0.2) is 42.5 Å². The normalized spacial score (nSPS) is 15.0. The smallest absolute Gasteiger partial charge is 0.295 e. The summed E-state index contributed by atoms with van der Waals surface area (Å²) in [5, 5.41) is 12.3. The molecule has 9 heteroatoms. The molecule has 2 heterocycles. The zero-order valence-corrected chi connectivity index (χ0v) is 15.9. The molecular formula is C21H20F2N4O3.